The maximum absolute atomic E-state index is 9.29. The highest BCUT2D eigenvalue weighted by molar-refractivity contribution is 4.99. The van der Waals surface area contributed by atoms with E-state index >= 15 is 0 Å². The third kappa shape index (κ3) is 2.25. The van der Waals surface area contributed by atoms with Crippen molar-refractivity contribution in [1.29, 1.82) is 5.26 Å². The van der Waals surface area contributed by atoms with Crippen LogP contribution in [0.25, 0.3) is 0 Å². The zero-order chi connectivity index (χ0) is 11.5. The molecule has 0 aromatic heterocycles. The fraction of sp³-hybridized carbons (Fsp3) is 0.929. The smallest absolute Gasteiger partial charge is 0.0672 e. The Kier molecular flexibility index (Phi) is 3.86. The van der Waals surface area contributed by atoms with E-state index in [2.05, 4.69) is 24.8 Å². The van der Waals surface area contributed by atoms with E-state index in [-0.39, 0.29) is 0 Å². The van der Waals surface area contributed by atoms with Crippen molar-refractivity contribution in [1.82, 2.24) is 4.90 Å². The minimum Gasteiger partial charge on any atom is -0.296 e. The Morgan fingerprint density at radius 1 is 1.31 bits per heavy atom. The SMILES string of the molecule is CCC1CCCN1C1CC(C)CCC1C#N. The highest BCUT2D eigenvalue weighted by Crippen LogP contribution is 2.36. The Bertz CT molecular complexity index is 268. The Labute approximate surface area is 99.6 Å². The predicted molar refractivity (Wildman–Crippen MR) is 65.9 cm³/mol. The van der Waals surface area contributed by atoms with Crippen LogP contribution < -0.4 is 0 Å². The molecule has 0 radical (unpaired) electrons. The highest BCUT2D eigenvalue weighted by atomic mass is 15.2. The molecule has 1 aliphatic carbocycles. The van der Waals surface area contributed by atoms with Gasteiger partial charge in [0.1, 0.15) is 0 Å². The molecule has 0 aromatic carbocycles. The van der Waals surface area contributed by atoms with Crippen LogP contribution >= 0.6 is 0 Å². The van der Waals surface area contributed by atoms with Crippen molar-refractivity contribution in [3.05, 3.63) is 0 Å². The van der Waals surface area contributed by atoms with E-state index in [1.54, 1.807) is 0 Å². The number of rotatable bonds is 2. The van der Waals surface area contributed by atoms with Gasteiger partial charge in [0, 0.05) is 12.1 Å². The van der Waals surface area contributed by atoms with E-state index in [0.29, 0.717) is 12.0 Å². The molecule has 2 aliphatic rings. The molecule has 90 valence electrons. The van der Waals surface area contributed by atoms with E-state index in [1.807, 2.05) is 0 Å². The van der Waals surface area contributed by atoms with Crippen LogP contribution in [0.1, 0.15) is 52.4 Å². The molecular weight excluding hydrogens is 196 g/mol. The lowest BCUT2D eigenvalue weighted by atomic mass is 9.78. The van der Waals surface area contributed by atoms with Gasteiger partial charge >= 0.3 is 0 Å². The summed E-state index contributed by atoms with van der Waals surface area (Å²) in [5, 5.41) is 9.29. The van der Waals surface area contributed by atoms with Gasteiger partial charge in [-0.15, -0.1) is 0 Å². The van der Waals surface area contributed by atoms with E-state index < -0.39 is 0 Å². The Morgan fingerprint density at radius 2 is 2.12 bits per heavy atom. The molecule has 2 rings (SSSR count). The number of nitrogens with zero attached hydrogens (tertiary/aromatic N) is 2. The normalized spacial score (nSPS) is 40.8. The van der Waals surface area contributed by atoms with Crippen LogP contribution in [0.15, 0.2) is 0 Å². The number of likely N-dealkylation sites (tertiary alicyclic amines) is 1. The maximum atomic E-state index is 9.29. The molecule has 1 saturated heterocycles. The van der Waals surface area contributed by atoms with Crippen molar-refractivity contribution < 1.29 is 0 Å². The summed E-state index contributed by atoms with van der Waals surface area (Å²) in [6.07, 6.45) is 7.55. The largest absolute Gasteiger partial charge is 0.296 e. The first-order valence-corrected chi connectivity index (χ1v) is 6.91. The predicted octanol–water partition coefficient (Wildman–Crippen LogP) is 3.19. The van der Waals surface area contributed by atoms with Crippen molar-refractivity contribution in [2.45, 2.75) is 64.5 Å². The molecule has 4 unspecified atom stereocenters. The molecule has 1 saturated carbocycles. The van der Waals surface area contributed by atoms with Gasteiger partial charge in [-0.3, -0.25) is 4.90 Å². The average molecular weight is 220 g/mol. The van der Waals surface area contributed by atoms with Crippen LogP contribution in [0.5, 0.6) is 0 Å². The Balaban J connectivity index is 2.07. The van der Waals surface area contributed by atoms with E-state index in [9.17, 15) is 5.26 Å². The van der Waals surface area contributed by atoms with Crippen molar-refractivity contribution >= 4 is 0 Å². The van der Waals surface area contributed by atoms with E-state index in [4.69, 9.17) is 0 Å². The quantitative estimate of drug-likeness (QED) is 0.714. The summed E-state index contributed by atoms with van der Waals surface area (Å²) >= 11 is 0. The molecule has 1 aliphatic heterocycles. The van der Waals surface area contributed by atoms with Gasteiger partial charge in [0.25, 0.3) is 0 Å². The summed E-state index contributed by atoms with van der Waals surface area (Å²) in [5.74, 6) is 1.11. The molecule has 16 heavy (non-hydrogen) atoms. The molecule has 1 heterocycles. The summed E-state index contributed by atoms with van der Waals surface area (Å²) in [6, 6.07) is 3.87. The Hall–Kier alpha value is -0.550. The highest BCUT2D eigenvalue weighted by Gasteiger charge is 2.37. The molecule has 4 atom stereocenters. The van der Waals surface area contributed by atoms with Crippen molar-refractivity contribution in [2.75, 3.05) is 6.54 Å². The Morgan fingerprint density at radius 3 is 2.81 bits per heavy atom. The molecule has 2 heteroatoms. The van der Waals surface area contributed by atoms with Gasteiger partial charge in [-0.2, -0.15) is 5.26 Å². The minimum atomic E-state index is 0.295. The first-order valence-electron chi connectivity index (χ1n) is 6.91. The lowest BCUT2D eigenvalue weighted by Gasteiger charge is -2.40. The number of hydrogen-bond acceptors (Lipinski definition) is 2. The second-order valence-corrected chi connectivity index (χ2v) is 5.66. The molecule has 0 spiro atoms. The van der Waals surface area contributed by atoms with Crippen LogP contribution in [0.2, 0.25) is 0 Å². The summed E-state index contributed by atoms with van der Waals surface area (Å²) in [7, 11) is 0. The third-order valence-electron chi connectivity index (χ3n) is 4.56. The first kappa shape index (κ1) is 11.9. The van der Waals surface area contributed by atoms with Gasteiger partial charge in [-0.1, -0.05) is 13.8 Å². The average Bonchev–Trinajstić information content (AvgIpc) is 2.76. The molecule has 0 aromatic rings. The number of hydrogen-bond donors (Lipinski definition) is 0. The zero-order valence-electron chi connectivity index (χ0n) is 10.7. The molecular formula is C14H24N2. The lowest BCUT2D eigenvalue weighted by Crippen LogP contribution is -2.46. The zero-order valence-corrected chi connectivity index (χ0v) is 10.7. The fourth-order valence-corrected chi connectivity index (χ4v) is 3.60. The van der Waals surface area contributed by atoms with Gasteiger partial charge in [0.05, 0.1) is 12.0 Å². The van der Waals surface area contributed by atoms with E-state index in [0.717, 1.165) is 18.4 Å². The van der Waals surface area contributed by atoms with Crippen LogP contribution in [0.4, 0.5) is 0 Å². The topological polar surface area (TPSA) is 27.0 Å². The van der Waals surface area contributed by atoms with Crippen molar-refractivity contribution in [3.63, 3.8) is 0 Å². The molecule has 0 N–H and O–H groups in total. The lowest BCUT2D eigenvalue weighted by molar-refractivity contribution is 0.0924. The van der Waals surface area contributed by atoms with Crippen LogP contribution in [0.3, 0.4) is 0 Å². The summed E-state index contributed by atoms with van der Waals surface area (Å²) in [4.78, 5) is 2.66. The van der Waals surface area contributed by atoms with Gasteiger partial charge in [-0.05, 0) is 51.0 Å². The second kappa shape index (κ2) is 5.19. The van der Waals surface area contributed by atoms with Gasteiger partial charge in [-0.25, -0.2) is 0 Å². The fourth-order valence-electron chi connectivity index (χ4n) is 3.60. The van der Waals surface area contributed by atoms with Crippen LogP contribution in [-0.4, -0.2) is 23.5 Å². The first-order chi connectivity index (χ1) is 7.76. The molecule has 2 fully saturated rings. The van der Waals surface area contributed by atoms with Crippen LogP contribution in [0, 0.1) is 23.2 Å². The number of nitriles is 1. The van der Waals surface area contributed by atoms with Gasteiger partial charge in [0.2, 0.25) is 0 Å². The molecule has 2 nitrogen and oxygen atoms in total. The molecule has 0 bridgehead atoms. The van der Waals surface area contributed by atoms with Crippen molar-refractivity contribution in [2.24, 2.45) is 11.8 Å². The maximum Gasteiger partial charge on any atom is 0.0672 e. The van der Waals surface area contributed by atoms with Gasteiger partial charge < -0.3 is 0 Å². The van der Waals surface area contributed by atoms with E-state index in [1.165, 1.54) is 38.6 Å². The van der Waals surface area contributed by atoms with Crippen molar-refractivity contribution in [3.8, 4) is 6.07 Å². The summed E-state index contributed by atoms with van der Waals surface area (Å²) in [5.41, 5.74) is 0. The molecule has 0 amide bonds. The van der Waals surface area contributed by atoms with Crippen LogP contribution in [-0.2, 0) is 0 Å². The monoisotopic (exact) mass is 220 g/mol. The van der Waals surface area contributed by atoms with Gasteiger partial charge in [0.15, 0.2) is 0 Å². The minimum absolute atomic E-state index is 0.295. The third-order valence-corrected chi connectivity index (χ3v) is 4.56. The summed E-state index contributed by atoms with van der Waals surface area (Å²) in [6.45, 7) is 5.86. The second-order valence-electron chi connectivity index (χ2n) is 5.66. The summed E-state index contributed by atoms with van der Waals surface area (Å²) < 4.78 is 0. The standard InChI is InChI=1S/C14H24N2/c1-3-13-5-4-8-16(13)14-9-11(2)6-7-12(14)10-15/h11-14H,3-9H2,1-2H3.